The zero-order valence-electron chi connectivity index (χ0n) is 14.0. The average molecular weight is 300 g/mol. The maximum absolute atomic E-state index is 2.47. The van der Waals surface area contributed by atoms with Gasteiger partial charge in [0.15, 0.2) is 0 Å². The Morgan fingerprint density at radius 2 is 1.05 bits per heavy atom. The Morgan fingerprint density at radius 3 is 1.32 bits per heavy atom. The van der Waals surface area contributed by atoms with Gasteiger partial charge in [-0.1, -0.05) is 0 Å². The standard InChI is InChI=1S/2C9H18.Ti/c2*1-5-7-8-9(3,4)6-2;/h2*3-8H2,1-2H3;. The zero-order valence-corrected chi connectivity index (χ0v) is 15.5. The van der Waals surface area contributed by atoms with Crippen LogP contribution in [0.15, 0.2) is 0 Å². The predicted molar refractivity (Wildman–Crippen MR) is 83.7 cm³/mol. The van der Waals surface area contributed by atoms with Crippen molar-refractivity contribution < 1.29 is 16.6 Å². The van der Waals surface area contributed by atoms with Gasteiger partial charge in [0.25, 0.3) is 0 Å². The van der Waals surface area contributed by atoms with E-state index in [-0.39, 0.29) is 0 Å². The van der Waals surface area contributed by atoms with Gasteiger partial charge >= 0.3 is 125 Å². The fourth-order valence-electron chi connectivity index (χ4n) is 5.64. The Hall–Kier alpha value is 0.714. The molecular weight excluding hydrogens is 264 g/mol. The van der Waals surface area contributed by atoms with Crippen molar-refractivity contribution in [3.8, 4) is 0 Å². The van der Waals surface area contributed by atoms with Crippen LogP contribution >= 0.6 is 0 Å². The second kappa shape index (κ2) is 6.23. The molecule has 0 aliphatic carbocycles. The van der Waals surface area contributed by atoms with Gasteiger partial charge in [-0.25, -0.2) is 0 Å². The molecule has 0 nitrogen and oxygen atoms in total. The summed E-state index contributed by atoms with van der Waals surface area (Å²) in [7, 11) is 0. The molecule has 1 heteroatoms. The zero-order chi connectivity index (χ0) is 14.0. The molecule has 2 saturated heterocycles. The van der Waals surface area contributed by atoms with Gasteiger partial charge in [0, 0.05) is 0 Å². The number of rotatable bonds is 8. The Kier molecular flexibility index (Phi) is 5.27. The molecule has 0 aromatic rings. The summed E-state index contributed by atoms with van der Waals surface area (Å²) in [6, 6.07) is 0. The summed E-state index contributed by atoms with van der Waals surface area (Å²) in [4.78, 5) is 0. The predicted octanol–water partition coefficient (Wildman–Crippen LogP) is 7.01. The van der Waals surface area contributed by atoms with Gasteiger partial charge < -0.3 is 0 Å². The number of hydrogen-bond donors (Lipinski definition) is 0. The Labute approximate surface area is 125 Å². The van der Waals surface area contributed by atoms with Crippen LogP contribution in [-0.2, 0) is 16.6 Å². The summed E-state index contributed by atoms with van der Waals surface area (Å²) in [5, 5.41) is 0. The van der Waals surface area contributed by atoms with Crippen LogP contribution in [0.2, 0.25) is 18.9 Å². The third kappa shape index (κ3) is 3.15. The molecule has 0 amide bonds. The maximum atomic E-state index is 2.47. The molecule has 19 heavy (non-hydrogen) atoms. The van der Waals surface area contributed by atoms with E-state index >= 15 is 0 Å². The van der Waals surface area contributed by atoms with Crippen LogP contribution < -0.4 is 0 Å². The first-order valence-electron chi connectivity index (χ1n) is 9.07. The van der Waals surface area contributed by atoms with E-state index in [1.165, 1.54) is 38.5 Å². The number of unbranched alkanes of at least 4 members (excludes halogenated alkanes) is 2. The molecule has 0 unspecified atom stereocenters. The molecule has 2 aliphatic heterocycles. The second-order valence-corrected chi connectivity index (χ2v) is 15.0. The van der Waals surface area contributed by atoms with Crippen molar-refractivity contribution in [3.05, 3.63) is 0 Å². The fraction of sp³-hybridized carbons (Fsp3) is 1.00. The summed E-state index contributed by atoms with van der Waals surface area (Å²) in [6.45, 7) is 9.64. The van der Waals surface area contributed by atoms with Crippen LogP contribution in [0.3, 0.4) is 0 Å². The molecule has 0 atom stereocenters. The third-order valence-corrected chi connectivity index (χ3v) is 16.0. The van der Waals surface area contributed by atoms with Crippen molar-refractivity contribution in [3.63, 3.8) is 0 Å². The SMILES string of the molecule is CCCCC1(CC)[CH2][Ti]2([CH2]1)[CH2]C(CC)(CCCC)[CH2]2. The molecule has 1 spiro atoms. The minimum absolute atomic E-state index is 0.848. The van der Waals surface area contributed by atoms with E-state index in [4.69, 9.17) is 0 Å². The van der Waals surface area contributed by atoms with Gasteiger partial charge in [-0.3, -0.25) is 0 Å². The van der Waals surface area contributed by atoms with Crippen molar-refractivity contribution in [2.45, 2.75) is 98.0 Å². The summed E-state index contributed by atoms with van der Waals surface area (Å²) in [6.07, 6.45) is 11.8. The molecule has 0 bridgehead atoms. The van der Waals surface area contributed by atoms with Crippen LogP contribution in [0.1, 0.15) is 79.1 Å². The van der Waals surface area contributed by atoms with Crippen LogP contribution in [0.5, 0.6) is 0 Å². The van der Waals surface area contributed by atoms with Crippen LogP contribution in [0.25, 0.3) is 0 Å². The summed E-state index contributed by atoms with van der Waals surface area (Å²) < 4.78 is 7.05. The first-order valence-corrected chi connectivity index (χ1v) is 13.5. The van der Waals surface area contributed by atoms with Gasteiger partial charge in [0.1, 0.15) is 0 Å². The second-order valence-electron chi connectivity index (χ2n) is 8.12. The summed E-state index contributed by atoms with van der Waals surface area (Å²) >= 11 is -1.23. The van der Waals surface area contributed by atoms with E-state index < -0.39 is 16.6 Å². The van der Waals surface area contributed by atoms with Crippen LogP contribution in [0, 0.1) is 10.8 Å². The molecule has 0 aromatic carbocycles. The van der Waals surface area contributed by atoms with E-state index in [2.05, 4.69) is 27.7 Å². The van der Waals surface area contributed by atoms with Crippen molar-refractivity contribution in [1.29, 1.82) is 0 Å². The fourth-order valence-corrected chi connectivity index (χ4v) is 18.7. The van der Waals surface area contributed by atoms with E-state index in [0.717, 1.165) is 10.8 Å². The van der Waals surface area contributed by atoms with Crippen LogP contribution in [0.4, 0.5) is 0 Å². The third-order valence-electron chi connectivity index (χ3n) is 6.62. The molecule has 2 heterocycles. The van der Waals surface area contributed by atoms with Gasteiger partial charge in [-0.2, -0.15) is 0 Å². The molecular formula is C18H36Ti. The molecule has 2 aliphatic rings. The molecule has 2 rings (SSSR count). The topological polar surface area (TPSA) is 0 Å². The Balaban J connectivity index is 1.83. The normalized spacial score (nSPS) is 41.1. The van der Waals surface area contributed by atoms with Gasteiger partial charge in [-0.05, 0) is 0 Å². The molecule has 0 saturated carbocycles. The quantitative estimate of drug-likeness (QED) is 0.423. The van der Waals surface area contributed by atoms with Gasteiger partial charge in [-0.15, -0.1) is 0 Å². The molecule has 0 N–H and O–H groups in total. The molecule has 0 radical (unpaired) electrons. The van der Waals surface area contributed by atoms with E-state index in [1.54, 1.807) is 31.7 Å². The van der Waals surface area contributed by atoms with Gasteiger partial charge in [0.05, 0.1) is 0 Å². The number of hydrogen-bond acceptors (Lipinski definition) is 0. The van der Waals surface area contributed by atoms with E-state index in [0.29, 0.717) is 0 Å². The van der Waals surface area contributed by atoms with Crippen molar-refractivity contribution in [2.75, 3.05) is 0 Å². The average Bonchev–Trinajstić information content (AvgIpc) is 2.35. The summed E-state index contributed by atoms with van der Waals surface area (Å²) in [5.74, 6) is 0. The van der Waals surface area contributed by atoms with Crippen LogP contribution in [-0.4, -0.2) is 0 Å². The minimum atomic E-state index is -1.23. The van der Waals surface area contributed by atoms with E-state index in [1.807, 2.05) is 0 Å². The molecule has 2 fully saturated rings. The summed E-state index contributed by atoms with van der Waals surface area (Å²) in [5.41, 5.74) is 1.70. The Bertz CT molecular complexity index is 249. The van der Waals surface area contributed by atoms with Crippen molar-refractivity contribution >= 4 is 0 Å². The van der Waals surface area contributed by atoms with Crippen molar-refractivity contribution in [2.24, 2.45) is 10.8 Å². The Morgan fingerprint density at radius 1 is 0.684 bits per heavy atom. The first kappa shape index (κ1) is 16.1. The molecule has 112 valence electrons. The van der Waals surface area contributed by atoms with Gasteiger partial charge in [0.2, 0.25) is 0 Å². The monoisotopic (exact) mass is 300 g/mol. The molecule has 0 aromatic heterocycles. The van der Waals surface area contributed by atoms with Crippen molar-refractivity contribution in [1.82, 2.24) is 0 Å². The van der Waals surface area contributed by atoms with E-state index in [9.17, 15) is 0 Å². The first-order chi connectivity index (χ1) is 9.07.